The molecule has 2 aromatic rings. The molecule has 0 aliphatic rings. The van der Waals surface area contributed by atoms with Crippen LogP contribution < -0.4 is 0 Å². The van der Waals surface area contributed by atoms with Crippen LogP contribution in [-0.4, -0.2) is 25.3 Å². The second-order valence-electron chi connectivity index (χ2n) is 3.85. The molecule has 2 rings (SSSR count). The second-order valence-corrected chi connectivity index (χ2v) is 4.91. The third kappa shape index (κ3) is 2.35. The molecule has 16 heavy (non-hydrogen) atoms. The molecule has 0 saturated heterocycles. The summed E-state index contributed by atoms with van der Waals surface area (Å²) in [7, 11) is 0. The second kappa shape index (κ2) is 4.82. The van der Waals surface area contributed by atoms with Crippen molar-refractivity contribution in [3.05, 3.63) is 17.5 Å². The maximum absolute atomic E-state index is 4.43. The zero-order valence-corrected chi connectivity index (χ0v) is 10.7. The van der Waals surface area contributed by atoms with E-state index in [0.29, 0.717) is 5.78 Å². The minimum absolute atomic E-state index is 0.705. The molecule has 0 aromatic carbocycles. The minimum atomic E-state index is 0.705. The van der Waals surface area contributed by atoms with Crippen LogP contribution in [0.4, 0.5) is 0 Å². The van der Waals surface area contributed by atoms with Gasteiger partial charge in [0.25, 0.3) is 5.78 Å². The first-order chi connectivity index (χ1) is 7.70. The Bertz CT molecular complexity index is 492. The van der Waals surface area contributed by atoms with E-state index in [1.54, 1.807) is 16.3 Å². The molecule has 86 valence electrons. The van der Waals surface area contributed by atoms with E-state index in [9.17, 15) is 0 Å². The summed E-state index contributed by atoms with van der Waals surface area (Å²) in [6.45, 7) is 6.19. The number of unbranched alkanes of at least 4 members (excludes halogenated alkanes) is 1. The largest absolute Gasteiger partial charge is 0.253 e. The predicted octanol–water partition coefficient (Wildman–Crippen LogP) is 2.63. The lowest BCUT2D eigenvalue weighted by Crippen LogP contribution is -1.97. The number of aryl methyl sites for hydroxylation is 2. The summed E-state index contributed by atoms with van der Waals surface area (Å²) >= 11 is 1.70. The molecule has 0 amide bonds. The zero-order valence-electron chi connectivity index (χ0n) is 9.90. The summed E-state index contributed by atoms with van der Waals surface area (Å²) in [6.07, 6.45) is 2.41. The lowest BCUT2D eigenvalue weighted by atomic mass is 10.4. The van der Waals surface area contributed by atoms with Gasteiger partial charge < -0.3 is 0 Å². The molecule has 0 saturated carbocycles. The number of fused-ring (bicyclic) bond motifs is 1. The molecule has 0 aliphatic carbocycles. The molecule has 5 heteroatoms. The Morgan fingerprint density at radius 2 is 2.12 bits per heavy atom. The number of aromatic nitrogens is 4. The van der Waals surface area contributed by atoms with Gasteiger partial charge in [0.1, 0.15) is 0 Å². The molecule has 0 unspecified atom stereocenters. The van der Waals surface area contributed by atoms with E-state index in [4.69, 9.17) is 0 Å². The highest BCUT2D eigenvalue weighted by molar-refractivity contribution is 7.99. The number of nitrogens with zero attached hydrogens (tertiary/aromatic N) is 4. The van der Waals surface area contributed by atoms with Crippen LogP contribution in [0.3, 0.4) is 0 Å². The molecular formula is C11H16N4S. The van der Waals surface area contributed by atoms with Gasteiger partial charge in [-0.15, -0.1) is 5.10 Å². The lowest BCUT2D eigenvalue weighted by molar-refractivity contribution is 0.839. The fourth-order valence-corrected chi connectivity index (χ4v) is 2.42. The Balaban J connectivity index is 2.26. The van der Waals surface area contributed by atoms with Crippen LogP contribution in [0.2, 0.25) is 0 Å². The molecule has 2 aromatic heterocycles. The van der Waals surface area contributed by atoms with E-state index in [-0.39, 0.29) is 0 Å². The van der Waals surface area contributed by atoms with E-state index in [1.165, 1.54) is 12.8 Å². The molecule has 0 atom stereocenters. The standard InChI is InChI=1S/C11H16N4S/c1-4-5-6-16-11-13-10-12-8(2)7-9(3)15(10)14-11/h7H,4-6H2,1-3H3. The van der Waals surface area contributed by atoms with Crippen LogP contribution in [0.5, 0.6) is 0 Å². The van der Waals surface area contributed by atoms with Crippen LogP contribution in [0.15, 0.2) is 11.2 Å². The molecular weight excluding hydrogens is 220 g/mol. The number of hydrogen-bond acceptors (Lipinski definition) is 4. The molecule has 0 spiro atoms. The number of hydrogen-bond donors (Lipinski definition) is 0. The first kappa shape index (κ1) is 11.4. The van der Waals surface area contributed by atoms with Gasteiger partial charge in [-0.25, -0.2) is 9.50 Å². The molecule has 0 N–H and O–H groups in total. The van der Waals surface area contributed by atoms with Crippen molar-refractivity contribution in [3.8, 4) is 0 Å². The van der Waals surface area contributed by atoms with Gasteiger partial charge in [0.05, 0.1) is 0 Å². The minimum Gasteiger partial charge on any atom is -0.216 e. The van der Waals surface area contributed by atoms with E-state index in [2.05, 4.69) is 22.0 Å². The Kier molecular flexibility index (Phi) is 3.43. The average molecular weight is 236 g/mol. The molecule has 0 fully saturated rings. The smallest absolute Gasteiger partial charge is 0.216 e. The third-order valence-corrected chi connectivity index (χ3v) is 3.25. The van der Waals surface area contributed by atoms with Gasteiger partial charge in [-0.1, -0.05) is 25.1 Å². The van der Waals surface area contributed by atoms with E-state index < -0.39 is 0 Å². The Morgan fingerprint density at radius 1 is 1.31 bits per heavy atom. The van der Waals surface area contributed by atoms with Crippen LogP contribution in [0, 0.1) is 13.8 Å². The third-order valence-electron chi connectivity index (χ3n) is 2.33. The van der Waals surface area contributed by atoms with Crippen molar-refractivity contribution in [3.63, 3.8) is 0 Å². The number of thioether (sulfide) groups is 1. The van der Waals surface area contributed by atoms with Crippen LogP contribution in [0.1, 0.15) is 31.2 Å². The summed E-state index contributed by atoms with van der Waals surface area (Å²) in [5.74, 6) is 1.78. The zero-order chi connectivity index (χ0) is 11.5. The monoisotopic (exact) mass is 236 g/mol. The highest BCUT2D eigenvalue weighted by Gasteiger charge is 2.07. The molecule has 0 bridgehead atoms. The van der Waals surface area contributed by atoms with Crippen LogP contribution in [-0.2, 0) is 0 Å². The lowest BCUT2D eigenvalue weighted by Gasteiger charge is -1.97. The van der Waals surface area contributed by atoms with Crippen molar-refractivity contribution in [2.45, 2.75) is 38.8 Å². The highest BCUT2D eigenvalue weighted by Crippen LogP contribution is 2.16. The summed E-state index contributed by atoms with van der Waals surface area (Å²) < 4.78 is 1.81. The van der Waals surface area contributed by atoms with Crippen molar-refractivity contribution >= 4 is 17.5 Å². The maximum atomic E-state index is 4.43. The summed E-state index contributed by atoms with van der Waals surface area (Å²) in [5, 5.41) is 5.26. The van der Waals surface area contributed by atoms with Gasteiger partial charge in [0.2, 0.25) is 5.16 Å². The van der Waals surface area contributed by atoms with Crippen molar-refractivity contribution in [2.24, 2.45) is 0 Å². The fraction of sp³-hybridized carbons (Fsp3) is 0.545. The van der Waals surface area contributed by atoms with Crippen molar-refractivity contribution in [1.82, 2.24) is 19.6 Å². The van der Waals surface area contributed by atoms with Gasteiger partial charge in [-0.3, -0.25) is 0 Å². The van der Waals surface area contributed by atoms with E-state index in [0.717, 1.165) is 22.3 Å². The van der Waals surface area contributed by atoms with E-state index in [1.807, 2.05) is 19.9 Å². The van der Waals surface area contributed by atoms with Crippen LogP contribution in [0.25, 0.3) is 5.78 Å². The van der Waals surface area contributed by atoms with Gasteiger partial charge >= 0.3 is 0 Å². The summed E-state index contributed by atoms with van der Waals surface area (Å²) in [4.78, 5) is 8.77. The van der Waals surface area contributed by atoms with Gasteiger partial charge in [-0.2, -0.15) is 4.98 Å². The normalized spacial score (nSPS) is 11.2. The summed E-state index contributed by atoms with van der Waals surface area (Å²) in [5.41, 5.74) is 2.07. The predicted molar refractivity (Wildman–Crippen MR) is 65.9 cm³/mol. The van der Waals surface area contributed by atoms with Crippen molar-refractivity contribution in [2.75, 3.05) is 5.75 Å². The first-order valence-electron chi connectivity index (χ1n) is 5.54. The first-order valence-corrected chi connectivity index (χ1v) is 6.53. The Labute approximate surface area is 99.5 Å². The molecule has 2 heterocycles. The molecule has 0 radical (unpaired) electrons. The van der Waals surface area contributed by atoms with Crippen molar-refractivity contribution < 1.29 is 0 Å². The topological polar surface area (TPSA) is 43.1 Å². The summed E-state index contributed by atoms with van der Waals surface area (Å²) in [6, 6.07) is 2.02. The quantitative estimate of drug-likeness (QED) is 0.604. The van der Waals surface area contributed by atoms with E-state index >= 15 is 0 Å². The Morgan fingerprint density at radius 3 is 2.88 bits per heavy atom. The van der Waals surface area contributed by atoms with Gasteiger partial charge in [0, 0.05) is 17.1 Å². The SMILES string of the molecule is CCCCSc1nc2nc(C)cc(C)n2n1. The number of rotatable bonds is 4. The average Bonchev–Trinajstić information content (AvgIpc) is 2.61. The van der Waals surface area contributed by atoms with Crippen LogP contribution >= 0.6 is 11.8 Å². The highest BCUT2D eigenvalue weighted by atomic mass is 32.2. The fourth-order valence-electron chi connectivity index (χ4n) is 1.52. The van der Waals surface area contributed by atoms with Gasteiger partial charge in [0.15, 0.2) is 0 Å². The Hall–Kier alpha value is -1.10. The molecule has 0 aliphatic heterocycles. The molecule has 4 nitrogen and oxygen atoms in total. The maximum Gasteiger partial charge on any atom is 0.253 e. The van der Waals surface area contributed by atoms with Gasteiger partial charge in [-0.05, 0) is 26.3 Å². The van der Waals surface area contributed by atoms with Crippen molar-refractivity contribution in [1.29, 1.82) is 0 Å².